The van der Waals surface area contributed by atoms with Crippen molar-refractivity contribution in [2.75, 3.05) is 44.6 Å². The van der Waals surface area contributed by atoms with E-state index in [4.69, 9.17) is 0 Å². The number of carbonyl (C=O) groups excluding carboxylic acids is 2. The van der Waals surface area contributed by atoms with Crippen LogP contribution in [0.1, 0.15) is 79.1 Å². The van der Waals surface area contributed by atoms with Gasteiger partial charge < -0.3 is 15.1 Å². The minimum absolute atomic E-state index is 0.0552. The Kier molecular flexibility index (Phi) is 9.09. The number of hydrogen-bond acceptors (Lipinski definition) is 4. The van der Waals surface area contributed by atoms with E-state index in [1.807, 2.05) is 15.9 Å². The summed E-state index contributed by atoms with van der Waals surface area (Å²) in [6, 6.07) is 14.8. The third-order valence-electron chi connectivity index (χ3n) is 8.31. The number of fused-ring (bicyclic) bond motifs is 1. The van der Waals surface area contributed by atoms with E-state index in [0.717, 1.165) is 41.8 Å². The summed E-state index contributed by atoms with van der Waals surface area (Å²) < 4.78 is 14.2. The van der Waals surface area contributed by atoms with Crippen LogP contribution in [0.25, 0.3) is 0 Å². The van der Waals surface area contributed by atoms with Gasteiger partial charge >= 0.3 is 6.03 Å². The molecule has 1 aromatic heterocycles. The van der Waals surface area contributed by atoms with Crippen LogP contribution < -0.4 is 5.32 Å². The minimum Gasteiger partial charge on any atom is -0.340 e. The maximum atomic E-state index is 14.2. The van der Waals surface area contributed by atoms with Gasteiger partial charge in [-0.25, -0.2) is 9.18 Å². The normalized spacial score (nSPS) is 18.0. The van der Waals surface area contributed by atoms with Crippen molar-refractivity contribution in [2.24, 2.45) is 0 Å². The molecule has 0 radical (unpaired) electrons. The predicted octanol–water partition coefficient (Wildman–Crippen LogP) is 6.85. The van der Waals surface area contributed by atoms with Crippen molar-refractivity contribution >= 4 is 29.0 Å². The highest BCUT2D eigenvalue weighted by atomic mass is 32.1. The summed E-state index contributed by atoms with van der Waals surface area (Å²) >= 11 is 1.73. The number of para-hydroxylation sites is 1. The Morgan fingerprint density at radius 3 is 2.32 bits per heavy atom. The maximum absolute atomic E-state index is 14.2. The first-order valence-corrected chi connectivity index (χ1v) is 15.6. The molecule has 3 heterocycles. The largest absolute Gasteiger partial charge is 0.340 e. The molecule has 218 valence electrons. The Hall–Kier alpha value is -3.23. The van der Waals surface area contributed by atoms with Crippen molar-refractivity contribution in [1.29, 1.82) is 0 Å². The molecule has 1 N–H and O–H groups in total. The Balaban J connectivity index is 1.26. The number of anilines is 1. The second-order valence-electron chi connectivity index (χ2n) is 11.7. The van der Waals surface area contributed by atoms with Gasteiger partial charge in [0.2, 0.25) is 5.91 Å². The first-order valence-electron chi connectivity index (χ1n) is 14.7. The van der Waals surface area contributed by atoms with Crippen molar-refractivity contribution in [1.82, 2.24) is 14.7 Å². The lowest BCUT2D eigenvalue weighted by atomic mass is 9.93. The Labute approximate surface area is 247 Å². The second kappa shape index (κ2) is 12.7. The molecule has 3 amide bonds. The highest BCUT2D eigenvalue weighted by Crippen LogP contribution is 2.38. The first kappa shape index (κ1) is 29.3. The lowest BCUT2D eigenvalue weighted by Gasteiger charge is -2.37. The molecule has 0 bridgehead atoms. The summed E-state index contributed by atoms with van der Waals surface area (Å²) in [6.07, 6.45) is 1.61. The number of nitrogens with one attached hydrogen (secondary N) is 1. The summed E-state index contributed by atoms with van der Waals surface area (Å²) in [5.41, 5.74) is 5.23. The smallest absolute Gasteiger partial charge is 0.321 e. The molecule has 2 aliphatic rings. The van der Waals surface area contributed by atoms with Gasteiger partial charge in [-0.05, 0) is 70.5 Å². The summed E-state index contributed by atoms with van der Waals surface area (Å²) in [4.78, 5) is 34.3. The number of urea groups is 1. The number of carbonyl (C=O) groups is 2. The molecule has 3 aromatic rings. The zero-order valence-electron chi connectivity index (χ0n) is 24.5. The van der Waals surface area contributed by atoms with Gasteiger partial charge in [0.15, 0.2) is 0 Å². The summed E-state index contributed by atoms with van der Waals surface area (Å²) in [6.45, 7) is 11.8. The van der Waals surface area contributed by atoms with Gasteiger partial charge in [-0.2, -0.15) is 0 Å². The zero-order valence-corrected chi connectivity index (χ0v) is 25.3. The fraction of sp³-hybridized carbons (Fsp3) is 0.455. The quantitative estimate of drug-likeness (QED) is 0.349. The number of benzene rings is 2. The van der Waals surface area contributed by atoms with Gasteiger partial charge in [0.1, 0.15) is 5.82 Å². The van der Waals surface area contributed by atoms with E-state index < -0.39 is 0 Å². The van der Waals surface area contributed by atoms with Gasteiger partial charge in [-0.1, -0.05) is 58.0 Å². The predicted molar refractivity (Wildman–Crippen MR) is 164 cm³/mol. The monoisotopic (exact) mass is 576 g/mol. The molecule has 2 aliphatic heterocycles. The van der Waals surface area contributed by atoms with Crippen LogP contribution >= 0.6 is 11.3 Å². The lowest BCUT2D eigenvalue weighted by Crippen LogP contribution is -2.45. The number of amides is 3. The second-order valence-corrected chi connectivity index (χ2v) is 12.8. The van der Waals surface area contributed by atoms with Gasteiger partial charge in [0.05, 0.1) is 12.6 Å². The van der Waals surface area contributed by atoms with Gasteiger partial charge in [0.25, 0.3) is 0 Å². The zero-order chi connectivity index (χ0) is 29.1. The minimum atomic E-state index is -0.265. The van der Waals surface area contributed by atoms with E-state index in [-0.39, 0.29) is 42.2 Å². The van der Waals surface area contributed by atoms with Gasteiger partial charge in [-0.15, -0.1) is 11.3 Å². The third-order valence-corrected chi connectivity index (χ3v) is 9.31. The van der Waals surface area contributed by atoms with Crippen LogP contribution in [0.3, 0.4) is 0 Å². The van der Waals surface area contributed by atoms with Crippen LogP contribution in [0, 0.1) is 5.82 Å². The van der Waals surface area contributed by atoms with Crippen LogP contribution in [-0.4, -0.2) is 65.9 Å². The van der Waals surface area contributed by atoms with E-state index in [2.05, 4.69) is 67.6 Å². The molecule has 0 aliphatic carbocycles. The Morgan fingerprint density at radius 2 is 1.61 bits per heavy atom. The van der Waals surface area contributed by atoms with Crippen LogP contribution in [-0.2, 0) is 11.2 Å². The fourth-order valence-electron chi connectivity index (χ4n) is 6.13. The standard InChI is InChI=1S/C33H41FN4O2S/c1-22(2)26-10-6-11-27(23(3)4)31(26)35-33(40)37-15-7-14-36(17-18-37)30(39)21-38-16-12-29-28(13-19-41-29)32(38)24-8-5-9-25(34)20-24/h5-6,8-11,13,19-20,22-23,32H,7,12,14-18,21H2,1-4H3,(H,35,40). The van der Waals surface area contributed by atoms with Crippen LogP contribution in [0.5, 0.6) is 0 Å². The number of rotatable bonds is 6. The molecule has 0 saturated carbocycles. The number of thiophene rings is 1. The summed E-state index contributed by atoms with van der Waals surface area (Å²) in [5.74, 6) is 0.368. The van der Waals surface area contributed by atoms with Crippen molar-refractivity contribution < 1.29 is 14.0 Å². The Bertz CT molecular complexity index is 1360. The third kappa shape index (κ3) is 6.49. The molecular weight excluding hydrogens is 535 g/mol. The van der Waals surface area contributed by atoms with Crippen molar-refractivity contribution in [3.63, 3.8) is 0 Å². The molecule has 0 spiro atoms. The topological polar surface area (TPSA) is 55.9 Å². The average Bonchev–Trinajstić information content (AvgIpc) is 3.27. The molecule has 8 heteroatoms. The molecule has 6 nitrogen and oxygen atoms in total. The highest BCUT2D eigenvalue weighted by Gasteiger charge is 2.33. The van der Waals surface area contributed by atoms with E-state index in [1.54, 1.807) is 23.5 Å². The Morgan fingerprint density at radius 1 is 0.927 bits per heavy atom. The van der Waals surface area contributed by atoms with Crippen LogP contribution in [0.4, 0.5) is 14.9 Å². The van der Waals surface area contributed by atoms with Crippen molar-refractivity contribution in [3.05, 3.63) is 86.9 Å². The molecule has 1 unspecified atom stereocenters. The molecule has 1 atom stereocenters. The first-order chi connectivity index (χ1) is 19.7. The van der Waals surface area contributed by atoms with E-state index in [9.17, 15) is 14.0 Å². The molecule has 5 rings (SSSR count). The number of nitrogens with zero attached hydrogens (tertiary/aromatic N) is 3. The molecule has 1 fully saturated rings. The summed E-state index contributed by atoms with van der Waals surface area (Å²) in [5, 5.41) is 5.31. The molecule has 41 heavy (non-hydrogen) atoms. The molecule has 1 saturated heterocycles. The van der Waals surface area contributed by atoms with Gasteiger partial charge in [-0.3, -0.25) is 9.69 Å². The van der Waals surface area contributed by atoms with E-state index in [1.165, 1.54) is 16.5 Å². The SMILES string of the molecule is CC(C)c1cccc(C(C)C)c1NC(=O)N1CCCN(C(=O)CN2CCc3sccc3C2c2cccc(F)c2)CC1. The van der Waals surface area contributed by atoms with Gasteiger partial charge in [0, 0.05) is 43.3 Å². The molecule has 2 aromatic carbocycles. The van der Waals surface area contributed by atoms with Crippen LogP contribution in [0.2, 0.25) is 0 Å². The van der Waals surface area contributed by atoms with Crippen molar-refractivity contribution in [2.45, 2.75) is 58.4 Å². The molecular formula is C33H41FN4O2S. The van der Waals surface area contributed by atoms with Crippen molar-refractivity contribution in [3.8, 4) is 0 Å². The fourth-order valence-corrected chi connectivity index (χ4v) is 7.03. The van der Waals surface area contributed by atoms with Crippen LogP contribution in [0.15, 0.2) is 53.9 Å². The number of hydrogen-bond donors (Lipinski definition) is 1. The van der Waals surface area contributed by atoms with E-state index in [0.29, 0.717) is 26.2 Å². The van der Waals surface area contributed by atoms with E-state index >= 15 is 0 Å². The number of halogens is 1. The highest BCUT2D eigenvalue weighted by molar-refractivity contribution is 7.10. The maximum Gasteiger partial charge on any atom is 0.321 e. The summed E-state index contributed by atoms with van der Waals surface area (Å²) in [7, 11) is 0. The lowest BCUT2D eigenvalue weighted by molar-refractivity contribution is -0.132. The average molecular weight is 577 g/mol.